The van der Waals surface area contributed by atoms with Crippen LogP contribution in [0.25, 0.3) is 5.69 Å². The maximum absolute atomic E-state index is 13.8. The third-order valence-corrected chi connectivity index (χ3v) is 7.39. The number of amides is 1. The lowest BCUT2D eigenvalue weighted by molar-refractivity contribution is 0.0976. The van der Waals surface area contributed by atoms with Crippen molar-refractivity contribution in [1.82, 2.24) is 9.13 Å². The van der Waals surface area contributed by atoms with Crippen LogP contribution >= 0.6 is 0 Å². The molecule has 1 amide bonds. The second-order valence-corrected chi connectivity index (χ2v) is 9.93. The van der Waals surface area contributed by atoms with Crippen LogP contribution in [0.4, 0.5) is 5.82 Å². The van der Waals surface area contributed by atoms with Gasteiger partial charge in [-0.1, -0.05) is 12.1 Å². The summed E-state index contributed by atoms with van der Waals surface area (Å²) in [5, 5.41) is 14.0. The van der Waals surface area contributed by atoms with E-state index in [9.17, 15) is 19.5 Å². The van der Waals surface area contributed by atoms with Crippen LogP contribution in [0, 0.1) is 27.7 Å². The van der Waals surface area contributed by atoms with E-state index in [1.165, 1.54) is 11.6 Å². The van der Waals surface area contributed by atoms with Crippen LogP contribution in [0.15, 0.2) is 27.8 Å². The number of phenolic OH excluding ortho intramolecular Hbond substituents is 1. The van der Waals surface area contributed by atoms with Crippen molar-refractivity contribution >= 4 is 11.7 Å². The van der Waals surface area contributed by atoms with Crippen molar-refractivity contribution < 1.29 is 14.6 Å². The van der Waals surface area contributed by atoms with Crippen molar-refractivity contribution in [1.29, 1.82) is 0 Å². The number of rotatable bonds is 4. The lowest BCUT2D eigenvalue weighted by Gasteiger charge is -2.29. The molecule has 2 aromatic carbocycles. The molecule has 0 bridgehead atoms. The number of primary amides is 1. The second-order valence-electron chi connectivity index (χ2n) is 9.93. The van der Waals surface area contributed by atoms with Crippen molar-refractivity contribution in [3.8, 4) is 17.2 Å². The molecule has 1 aromatic heterocycles. The maximum atomic E-state index is 13.8. The summed E-state index contributed by atoms with van der Waals surface area (Å²) in [5.74, 6) is -0.988. The lowest BCUT2D eigenvalue weighted by atomic mass is 9.78. The minimum absolute atomic E-state index is 0.0781. The molecule has 1 unspecified atom stereocenters. The van der Waals surface area contributed by atoms with Crippen LogP contribution in [0.5, 0.6) is 11.5 Å². The Bertz CT molecular complexity index is 1560. The molecule has 3 aromatic rings. The quantitative estimate of drug-likeness (QED) is 0.514. The van der Waals surface area contributed by atoms with Gasteiger partial charge in [-0.3, -0.25) is 14.2 Å². The first-order valence-electron chi connectivity index (χ1n) is 11.7. The number of aromatic hydroxyl groups is 1. The normalized spacial score (nSPS) is 15.9. The third-order valence-electron chi connectivity index (χ3n) is 7.39. The molecule has 0 radical (unpaired) electrons. The van der Waals surface area contributed by atoms with Gasteiger partial charge >= 0.3 is 5.69 Å². The molecule has 4 rings (SSSR count). The van der Waals surface area contributed by atoms with Gasteiger partial charge in [0.1, 0.15) is 22.9 Å². The number of benzene rings is 2. The summed E-state index contributed by atoms with van der Waals surface area (Å²) in [7, 11) is 3.09. The van der Waals surface area contributed by atoms with E-state index in [1.807, 2.05) is 32.0 Å². The fourth-order valence-electron chi connectivity index (χ4n) is 5.36. The second kappa shape index (κ2) is 8.29. The standard InChI is InChI=1S/C27H32N4O5/c1-12-10-9-11-16(13(12)2)31-24(29-7)19(25(34)30(8)26(31)35)20-17-14(3)21(32)15(4)18(23(28)33)22(17)36-27(20,5)6/h9-11,20,29,32H,1-8H3,(H2,28,33). The van der Waals surface area contributed by atoms with Crippen LogP contribution in [-0.2, 0) is 7.05 Å². The van der Waals surface area contributed by atoms with E-state index < -0.39 is 28.7 Å². The summed E-state index contributed by atoms with van der Waals surface area (Å²) >= 11 is 0. The van der Waals surface area contributed by atoms with Crippen LogP contribution in [0.2, 0.25) is 0 Å². The lowest BCUT2D eigenvalue weighted by Crippen LogP contribution is -2.44. The summed E-state index contributed by atoms with van der Waals surface area (Å²) in [4.78, 5) is 39.6. The number of nitrogens with zero attached hydrogens (tertiary/aromatic N) is 2. The number of nitrogens with one attached hydrogen (secondary N) is 1. The first-order valence-corrected chi connectivity index (χ1v) is 11.7. The molecule has 1 aliphatic heterocycles. The minimum Gasteiger partial charge on any atom is -0.507 e. The van der Waals surface area contributed by atoms with E-state index in [-0.39, 0.29) is 22.6 Å². The summed E-state index contributed by atoms with van der Waals surface area (Å²) in [6.45, 7) is 10.8. The molecular formula is C27H32N4O5. The zero-order chi connectivity index (χ0) is 26.9. The molecule has 0 spiro atoms. The fourth-order valence-corrected chi connectivity index (χ4v) is 5.36. The number of hydrogen-bond acceptors (Lipinski definition) is 6. The van der Waals surface area contributed by atoms with Crippen LogP contribution in [0.3, 0.4) is 0 Å². The van der Waals surface area contributed by atoms with E-state index in [0.717, 1.165) is 15.7 Å². The Balaban J connectivity index is 2.20. The molecule has 1 aliphatic rings. The van der Waals surface area contributed by atoms with E-state index in [4.69, 9.17) is 10.5 Å². The Morgan fingerprint density at radius 3 is 2.31 bits per heavy atom. The number of phenols is 1. The Morgan fingerprint density at radius 2 is 1.72 bits per heavy atom. The zero-order valence-electron chi connectivity index (χ0n) is 21.9. The van der Waals surface area contributed by atoms with Crippen molar-refractivity contribution in [3.05, 3.63) is 78.0 Å². The van der Waals surface area contributed by atoms with Gasteiger partial charge in [0.25, 0.3) is 11.5 Å². The van der Waals surface area contributed by atoms with Gasteiger partial charge in [0, 0.05) is 25.2 Å². The van der Waals surface area contributed by atoms with Crippen LogP contribution < -0.4 is 27.0 Å². The van der Waals surface area contributed by atoms with E-state index >= 15 is 0 Å². The summed E-state index contributed by atoms with van der Waals surface area (Å²) in [5.41, 5.74) is 7.86. The smallest absolute Gasteiger partial charge is 0.336 e. The number of carbonyl (C=O) groups excluding carboxylic acids is 1. The Hall–Kier alpha value is -4.01. The Morgan fingerprint density at radius 1 is 1.08 bits per heavy atom. The highest BCUT2D eigenvalue weighted by atomic mass is 16.5. The summed E-state index contributed by atoms with van der Waals surface area (Å²) in [6.07, 6.45) is 0. The molecule has 36 heavy (non-hydrogen) atoms. The molecule has 9 nitrogen and oxygen atoms in total. The molecule has 9 heteroatoms. The number of carbonyl (C=O) groups is 1. The molecule has 0 saturated heterocycles. The van der Waals surface area contributed by atoms with Crippen LogP contribution in [-0.4, -0.2) is 32.8 Å². The Labute approximate surface area is 209 Å². The molecule has 190 valence electrons. The van der Waals surface area contributed by atoms with Gasteiger partial charge in [-0.2, -0.15) is 0 Å². The van der Waals surface area contributed by atoms with Crippen molar-refractivity contribution in [2.45, 2.75) is 53.1 Å². The molecule has 2 heterocycles. The molecule has 0 fully saturated rings. The monoisotopic (exact) mass is 492 g/mol. The molecule has 4 N–H and O–H groups in total. The number of aryl methyl sites for hydroxylation is 1. The average Bonchev–Trinajstić information content (AvgIpc) is 3.08. The van der Waals surface area contributed by atoms with Crippen molar-refractivity contribution in [3.63, 3.8) is 0 Å². The van der Waals surface area contributed by atoms with Crippen molar-refractivity contribution in [2.75, 3.05) is 12.4 Å². The first kappa shape index (κ1) is 25.1. The van der Waals surface area contributed by atoms with Crippen LogP contribution in [0.1, 0.15) is 63.5 Å². The van der Waals surface area contributed by atoms with Gasteiger partial charge in [0.05, 0.1) is 22.7 Å². The molecule has 0 saturated carbocycles. The number of fused-ring (bicyclic) bond motifs is 1. The van der Waals surface area contributed by atoms with Gasteiger partial charge < -0.3 is 20.9 Å². The predicted molar refractivity (Wildman–Crippen MR) is 139 cm³/mol. The van der Waals surface area contributed by atoms with E-state index in [1.54, 1.807) is 34.7 Å². The topological polar surface area (TPSA) is 129 Å². The maximum Gasteiger partial charge on any atom is 0.336 e. The number of ether oxygens (including phenoxy) is 1. The van der Waals surface area contributed by atoms with E-state index in [0.29, 0.717) is 28.2 Å². The first-order chi connectivity index (χ1) is 16.8. The molecule has 1 atom stereocenters. The summed E-state index contributed by atoms with van der Waals surface area (Å²) in [6, 6.07) is 5.64. The largest absolute Gasteiger partial charge is 0.507 e. The van der Waals surface area contributed by atoms with E-state index in [2.05, 4.69) is 5.32 Å². The highest BCUT2D eigenvalue weighted by molar-refractivity contribution is 5.99. The number of anilines is 1. The van der Waals surface area contributed by atoms with Gasteiger partial charge in [0.15, 0.2) is 0 Å². The highest BCUT2D eigenvalue weighted by Gasteiger charge is 2.49. The average molecular weight is 493 g/mol. The number of nitrogens with two attached hydrogens (primary N) is 1. The minimum atomic E-state index is -1.01. The SMILES string of the molecule is CNc1c(C2c3c(C)c(O)c(C)c(C(N)=O)c3OC2(C)C)c(=O)n(C)c(=O)n1-c1cccc(C)c1C. The highest BCUT2D eigenvalue weighted by Crippen LogP contribution is 2.54. The molecule has 0 aliphatic carbocycles. The number of aromatic nitrogens is 2. The summed E-state index contributed by atoms with van der Waals surface area (Å²) < 4.78 is 8.87. The predicted octanol–water partition coefficient (Wildman–Crippen LogP) is 2.92. The van der Waals surface area contributed by atoms with Gasteiger partial charge in [0.2, 0.25) is 0 Å². The number of hydrogen-bond donors (Lipinski definition) is 3. The van der Waals surface area contributed by atoms with Gasteiger partial charge in [-0.25, -0.2) is 9.36 Å². The van der Waals surface area contributed by atoms with Gasteiger partial charge in [-0.05, 0) is 64.3 Å². The van der Waals surface area contributed by atoms with Gasteiger partial charge in [-0.15, -0.1) is 0 Å². The van der Waals surface area contributed by atoms with Crippen molar-refractivity contribution in [2.24, 2.45) is 12.8 Å². The fraction of sp³-hybridized carbons (Fsp3) is 0.370. The third kappa shape index (κ3) is 3.33. The molecular weight excluding hydrogens is 460 g/mol. The zero-order valence-corrected chi connectivity index (χ0v) is 21.9. The Kier molecular flexibility index (Phi) is 5.78.